The van der Waals surface area contributed by atoms with Crippen LogP contribution in [0.5, 0.6) is 0 Å². The summed E-state index contributed by atoms with van der Waals surface area (Å²) >= 11 is 0. The van der Waals surface area contributed by atoms with Crippen LogP contribution in [0.1, 0.15) is 25.3 Å². The standard InChI is InChI=1S/C14H19F3N2O2S/c1-2-19-9-3-4-12(10-19)18-22(20,21)13-7-5-11(6-8-13)14(15,16)17/h5-8,12,18H,2-4,9-10H2,1H3/t12-/m1/s1. The zero-order chi connectivity index (χ0) is 16.4. The average molecular weight is 336 g/mol. The molecule has 4 nitrogen and oxygen atoms in total. The fourth-order valence-corrected chi connectivity index (χ4v) is 3.81. The van der Waals surface area contributed by atoms with Crippen molar-refractivity contribution < 1.29 is 21.6 Å². The molecule has 0 saturated carbocycles. The van der Waals surface area contributed by atoms with Gasteiger partial charge in [0.25, 0.3) is 0 Å². The van der Waals surface area contributed by atoms with Crippen molar-refractivity contribution in [3.63, 3.8) is 0 Å². The Morgan fingerprint density at radius 3 is 2.45 bits per heavy atom. The molecular formula is C14H19F3N2O2S. The Hall–Kier alpha value is -1.12. The second kappa shape index (κ2) is 6.55. The van der Waals surface area contributed by atoms with Gasteiger partial charge in [-0.15, -0.1) is 0 Å². The van der Waals surface area contributed by atoms with Crippen molar-refractivity contribution in [2.24, 2.45) is 0 Å². The van der Waals surface area contributed by atoms with E-state index in [0.717, 1.165) is 50.2 Å². The number of rotatable bonds is 4. The molecular weight excluding hydrogens is 317 g/mol. The number of sulfonamides is 1. The van der Waals surface area contributed by atoms with Crippen LogP contribution in [0.4, 0.5) is 13.2 Å². The number of nitrogens with one attached hydrogen (secondary N) is 1. The maximum absolute atomic E-state index is 12.5. The number of hydrogen-bond donors (Lipinski definition) is 1. The predicted molar refractivity (Wildman–Crippen MR) is 76.9 cm³/mol. The fraction of sp³-hybridized carbons (Fsp3) is 0.571. The molecule has 1 heterocycles. The van der Waals surface area contributed by atoms with Gasteiger partial charge in [0, 0.05) is 12.6 Å². The molecule has 0 aliphatic carbocycles. The van der Waals surface area contributed by atoms with Crippen molar-refractivity contribution in [3.05, 3.63) is 29.8 Å². The Morgan fingerprint density at radius 2 is 1.91 bits per heavy atom. The van der Waals surface area contributed by atoms with Crippen LogP contribution in [0.2, 0.25) is 0 Å². The summed E-state index contributed by atoms with van der Waals surface area (Å²) in [6, 6.07) is 3.35. The Labute approximate surface area is 128 Å². The fourth-order valence-electron chi connectivity index (χ4n) is 2.55. The molecule has 1 aromatic carbocycles. The minimum atomic E-state index is -4.47. The second-order valence-corrected chi connectivity index (χ2v) is 7.09. The maximum Gasteiger partial charge on any atom is 0.416 e. The van der Waals surface area contributed by atoms with Crippen molar-refractivity contribution in [3.8, 4) is 0 Å². The van der Waals surface area contributed by atoms with Gasteiger partial charge < -0.3 is 4.90 Å². The average Bonchev–Trinajstić information content (AvgIpc) is 2.46. The van der Waals surface area contributed by atoms with Crippen molar-refractivity contribution in [1.82, 2.24) is 9.62 Å². The normalized spacial score (nSPS) is 21.0. The van der Waals surface area contributed by atoms with E-state index in [-0.39, 0.29) is 10.9 Å². The highest BCUT2D eigenvalue weighted by Gasteiger charge is 2.31. The van der Waals surface area contributed by atoms with Crippen LogP contribution in [-0.2, 0) is 16.2 Å². The van der Waals surface area contributed by atoms with Crippen LogP contribution >= 0.6 is 0 Å². The van der Waals surface area contributed by atoms with Gasteiger partial charge in [0.2, 0.25) is 10.0 Å². The van der Waals surface area contributed by atoms with Gasteiger partial charge in [-0.1, -0.05) is 6.92 Å². The van der Waals surface area contributed by atoms with Crippen LogP contribution < -0.4 is 4.72 Å². The molecule has 0 amide bonds. The molecule has 0 aromatic heterocycles. The van der Waals surface area contributed by atoms with Crippen LogP contribution in [-0.4, -0.2) is 39.0 Å². The molecule has 0 radical (unpaired) electrons. The minimum Gasteiger partial charge on any atom is -0.302 e. The molecule has 0 spiro atoms. The topological polar surface area (TPSA) is 49.4 Å². The van der Waals surface area contributed by atoms with Gasteiger partial charge in [-0.3, -0.25) is 0 Å². The number of likely N-dealkylation sites (tertiary alicyclic amines) is 1. The van der Waals surface area contributed by atoms with Gasteiger partial charge in [-0.25, -0.2) is 13.1 Å². The molecule has 0 bridgehead atoms. The smallest absolute Gasteiger partial charge is 0.302 e. The lowest BCUT2D eigenvalue weighted by Crippen LogP contribution is -2.47. The number of piperidine rings is 1. The van der Waals surface area contributed by atoms with Gasteiger partial charge in [0.1, 0.15) is 0 Å². The van der Waals surface area contributed by atoms with E-state index in [0.29, 0.717) is 6.54 Å². The van der Waals surface area contributed by atoms with E-state index in [2.05, 4.69) is 9.62 Å². The highest BCUT2D eigenvalue weighted by Crippen LogP contribution is 2.29. The predicted octanol–water partition coefficient (Wildman–Crippen LogP) is 2.47. The van der Waals surface area contributed by atoms with E-state index in [1.54, 1.807) is 0 Å². The molecule has 1 atom stereocenters. The third-order valence-corrected chi connectivity index (χ3v) is 5.30. The molecule has 1 aliphatic heterocycles. The number of alkyl halides is 3. The Balaban J connectivity index is 2.10. The summed E-state index contributed by atoms with van der Waals surface area (Å²) in [5.41, 5.74) is -0.860. The van der Waals surface area contributed by atoms with Crippen LogP contribution in [0.25, 0.3) is 0 Å². The summed E-state index contributed by atoms with van der Waals surface area (Å²) in [4.78, 5) is 2.00. The zero-order valence-corrected chi connectivity index (χ0v) is 13.0. The Morgan fingerprint density at radius 1 is 1.27 bits per heavy atom. The molecule has 1 aliphatic rings. The summed E-state index contributed by atoms with van der Waals surface area (Å²) in [5.74, 6) is 0. The van der Waals surface area contributed by atoms with Gasteiger partial charge in [0.05, 0.1) is 10.5 Å². The largest absolute Gasteiger partial charge is 0.416 e. The molecule has 1 saturated heterocycles. The lowest BCUT2D eigenvalue weighted by Gasteiger charge is -2.32. The van der Waals surface area contributed by atoms with E-state index in [9.17, 15) is 21.6 Å². The molecule has 0 unspecified atom stereocenters. The van der Waals surface area contributed by atoms with Gasteiger partial charge in [-0.2, -0.15) is 13.2 Å². The van der Waals surface area contributed by atoms with Crippen molar-refractivity contribution in [1.29, 1.82) is 0 Å². The number of nitrogens with zero attached hydrogens (tertiary/aromatic N) is 1. The third-order valence-electron chi connectivity index (χ3n) is 3.77. The third kappa shape index (κ3) is 4.21. The monoisotopic (exact) mass is 336 g/mol. The number of hydrogen-bond acceptors (Lipinski definition) is 3. The molecule has 1 fully saturated rings. The first-order valence-corrected chi connectivity index (χ1v) is 8.62. The number of halogens is 3. The summed E-state index contributed by atoms with van der Waals surface area (Å²) in [6.07, 6.45) is -2.84. The summed E-state index contributed by atoms with van der Waals surface area (Å²) < 4.78 is 64.6. The SMILES string of the molecule is CCN1CCC[C@@H](NS(=O)(=O)c2ccc(C(F)(F)F)cc2)C1. The van der Waals surface area contributed by atoms with Crippen molar-refractivity contribution in [2.75, 3.05) is 19.6 Å². The number of benzene rings is 1. The highest BCUT2D eigenvalue weighted by molar-refractivity contribution is 7.89. The maximum atomic E-state index is 12.5. The lowest BCUT2D eigenvalue weighted by atomic mass is 10.1. The molecule has 2 rings (SSSR count). The van der Waals surface area contributed by atoms with Crippen LogP contribution in [0, 0.1) is 0 Å². The van der Waals surface area contributed by atoms with Crippen molar-refractivity contribution >= 4 is 10.0 Å². The molecule has 1 aromatic rings. The first-order valence-electron chi connectivity index (χ1n) is 7.14. The molecule has 22 heavy (non-hydrogen) atoms. The van der Waals surface area contributed by atoms with E-state index in [1.165, 1.54) is 0 Å². The summed E-state index contributed by atoms with van der Waals surface area (Å²) in [6.45, 7) is 4.41. The highest BCUT2D eigenvalue weighted by atomic mass is 32.2. The van der Waals surface area contributed by atoms with Gasteiger partial charge >= 0.3 is 6.18 Å². The molecule has 124 valence electrons. The quantitative estimate of drug-likeness (QED) is 0.919. The second-order valence-electron chi connectivity index (χ2n) is 5.38. The first-order chi connectivity index (χ1) is 10.2. The lowest BCUT2D eigenvalue weighted by molar-refractivity contribution is -0.137. The van der Waals surface area contributed by atoms with Crippen molar-refractivity contribution in [2.45, 2.75) is 36.9 Å². The summed E-state index contributed by atoms with van der Waals surface area (Å²) in [7, 11) is -3.80. The van der Waals surface area contributed by atoms with Gasteiger partial charge in [-0.05, 0) is 50.2 Å². The van der Waals surface area contributed by atoms with E-state index in [4.69, 9.17) is 0 Å². The zero-order valence-electron chi connectivity index (χ0n) is 12.2. The van der Waals surface area contributed by atoms with E-state index < -0.39 is 21.8 Å². The van der Waals surface area contributed by atoms with Crippen LogP contribution in [0.3, 0.4) is 0 Å². The van der Waals surface area contributed by atoms with E-state index >= 15 is 0 Å². The number of likely N-dealkylation sites (N-methyl/N-ethyl adjacent to an activating group) is 1. The Bertz CT molecular complexity index is 600. The minimum absolute atomic E-state index is 0.144. The molecule has 1 N–H and O–H groups in total. The molecule has 8 heteroatoms. The van der Waals surface area contributed by atoms with Gasteiger partial charge in [0.15, 0.2) is 0 Å². The van der Waals surface area contributed by atoms with E-state index in [1.807, 2.05) is 6.92 Å². The Kier molecular flexibility index (Phi) is 5.14. The summed E-state index contributed by atoms with van der Waals surface area (Å²) in [5, 5.41) is 0. The first kappa shape index (κ1) is 17.2. The van der Waals surface area contributed by atoms with Crippen LogP contribution in [0.15, 0.2) is 29.2 Å².